The van der Waals surface area contributed by atoms with Crippen LogP contribution in [0, 0.1) is 0 Å². The summed E-state index contributed by atoms with van der Waals surface area (Å²) >= 11 is 0. The summed E-state index contributed by atoms with van der Waals surface area (Å²) in [6.07, 6.45) is -2.08. The Morgan fingerprint density at radius 3 is 1.17 bits per heavy atom. The molecule has 0 spiro atoms. The smallest absolute Gasteiger partial charge is 0.759 e. The first-order chi connectivity index (χ1) is 3.73. The van der Waals surface area contributed by atoms with Crippen LogP contribution in [0.1, 0.15) is 0 Å². The molecule has 0 bridgehead atoms. The van der Waals surface area contributed by atoms with Gasteiger partial charge in [0.15, 0.2) is 0 Å². The molecule has 7 nitrogen and oxygen atoms in total. The van der Waals surface area contributed by atoms with E-state index in [1.165, 1.54) is 0 Å². The van der Waals surface area contributed by atoms with Crippen molar-refractivity contribution >= 4 is 16.6 Å². The Morgan fingerprint density at radius 2 is 1.17 bits per heavy atom. The van der Waals surface area contributed by atoms with Gasteiger partial charge in [-0.25, -0.2) is 0 Å². The molecule has 0 amide bonds. The Bertz CT molecular complexity index is 164. The molecule has 0 radical (unpaired) electrons. The van der Waals surface area contributed by atoms with Crippen LogP contribution in [0.15, 0.2) is 0 Å². The zero-order valence-electron chi connectivity index (χ0n) is 6.80. The predicted octanol–water partition coefficient (Wildman–Crippen LogP) is -11.4. The fourth-order valence-corrected chi connectivity index (χ4v) is 0. The van der Waals surface area contributed by atoms with Gasteiger partial charge in [-0.1, -0.05) is 0 Å². The number of hydrogen-bond donors (Lipinski definition) is 1. The minimum atomic E-state index is -5.17. The Kier molecular flexibility index (Phi) is 39.6. The first kappa shape index (κ1) is 29.3. The van der Waals surface area contributed by atoms with Gasteiger partial charge < -0.3 is 24.1 Å². The molecule has 0 saturated heterocycles. The van der Waals surface area contributed by atoms with Crippen molar-refractivity contribution in [2.75, 3.05) is 0 Å². The SMILES string of the molecule is O=C([O-])O.O=S(=O)([O-])[O-].[K+].[Na+].[Na+]. The Labute approximate surface area is 156 Å². The van der Waals surface area contributed by atoms with E-state index in [-0.39, 0.29) is 110 Å². The molecule has 11 heteroatoms. The second-order valence-corrected chi connectivity index (χ2v) is 1.49. The van der Waals surface area contributed by atoms with Crippen molar-refractivity contribution in [2.45, 2.75) is 0 Å². The molecule has 0 aliphatic heterocycles. The van der Waals surface area contributed by atoms with Crippen LogP contribution in [-0.4, -0.2) is 28.8 Å². The second kappa shape index (κ2) is 16.2. The molecule has 1 N–H and O–H groups in total. The van der Waals surface area contributed by atoms with Crippen LogP contribution in [0.4, 0.5) is 4.79 Å². The van der Waals surface area contributed by atoms with Gasteiger partial charge in [-0.3, -0.25) is 8.42 Å². The summed E-state index contributed by atoms with van der Waals surface area (Å²) in [5, 5.41) is 15.3. The maximum atomic E-state index is 8.52. The van der Waals surface area contributed by atoms with E-state index in [2.05, 4.69) is 0 Å². The third kappa shape index (κ3) is 230. The summed E-state index contributed by atoms with van der Waals surface area (Å²) < 4.78 is 34.1. The standard InChI is InChI=1S/CH2O3.K.2Na.H2O4S/c2-1(3)4;;;;1-5(2,3)4/h(H2,2,3,4);;;;(H2,1,2,3,4)/q;3*+1;/p-3. The van der Waals surface area contributed by atoms with Crippen molar-refractivity contribution in [2.24, 2.45) is 0 Å². The average Bonchev–Trinajstić information content (AvgIpc) is 1.19. The number of rotatable bonds is 0. The van der Waals surface area contributed by atoms with Crippen LogP contribution in [0.5, 0.6) is 0 Å². The minimum absolute atomic E-state index is 0. The maximum Gasteiger partial charge on any atom is 1.00 e. The van der Waals surface area contributed by atoms with E-state index in [0.717, 1.165) is 0 Å². The third-order valence-corrected chi connectivity index (χ3v) is 0. The van der Waals surface area contributed by atoms with Crippen LogP contribution in [0.25, 0.3) is 0 Å². The summed E-state index contributed by atoms with van der Waals surface area (Å²) in [5.74, 6) is 0. The molecule has 0 heterocycles. The summed E-state index contributed by atoms with van der Waals surface area (Å²) in [5.41, 5.74) is 0. The first-order valence-corrected chi connectivity index (χ1v) is 2.63. The van der Waals surface area contributed by atoms with Crippen molar-refractivity contribution in [1.29, 1.82) is 0 Å². The molecule has 0 fully saturated rings. The van der Waals surface area contributed by atoms with E-state index < -0.39 is 16.6 Å². The van der Waals surface area contributed by atoms with E-state index >= 15 is 0 Å². The van der Waals surface area contributed by atoms with Crippen molar-refractivity contribution in [3.63, 3.8) is 0 Å². The molecule has 0 aliphatic rings. The topological polar surface area (TPSA) is 141 Å². The van der Waals surface area contributed by atoms with E-state index in [0.29, 0.717) is 0 Å². The molecule has 0 aromatic carbocycles. The Hall–Kier alpha value is 2.78. The van der Waals surface area contributed by atoms with Gasteiger partial charge in [0.05, 0.1) is 0 Å². The zero-order valence-corrected chi connectivity index (χ0v) is 14.7. The molecular formula is CHKNa2O7S. The van der Waals surface area contributed by atoms with Crippen molar-refractivity contribution in [3.8, 4) is 0 Å². The summed E-state index contributed by atoms with van der Waals surface area (Å²) in [6.45, 7) is 0. The normalized spacial score (nSPS) is 6.83. The van der Waals surface area contributed by atoms with Gasteiger partial charge in [0.1, 0.15) is 0 Å². The summed E-state index contributed by atoms with van der Waals surface area (Å²) in [4.78, 5) is 8.44. The van der Waals surface area contributed by atoms with Gasteiger partial charge >= 0.3 is 110 Å². The molecule has 0 aromatic rings. The second-order valence-electron chi connectivity index (χ2n) is 0.674. The van der Waals surface area contributed by atoms with E-state index in [4.69, 9.17) is 32.5 Å². The van der Waals surface area contributed by atoms with Gasteiger partial charge in [-0.05, 0) is 0 Å². The minimum Gasteiger partial charge on any atom is -0.759 e. The van der Waals surface area contributed by atoms with Gasteiger partial charge in [0.2, 0.25) is 6.16 Å². The van der Waals surface area contributed by atoms with Gasteiger partial charge in [-0.15, -0.1) is 0 Å². The van der Waals surface area contributed by atoms with E-state index in [1.54, 1.807) is 0 Å². The summed E-state index contributed by atoms with van der Waals surface area (Å²) in [6, 6.07) is 0. The van der Waals surface area contributed by atoms with Crippen LogP contribution in [-0.2, 0) is 10.4 Å². The molecule has 0 rings (SSSR count). The largest absolute Gasteiger partial charge is 1.00 e. The molecule has 0 saturated carbocycles. The predicted molar refractivity (Wildman–Crippen MR) is 18.5 cm³/mol. The van der Waals surface area contributed by atoms with Crippen molar-refractivity contribution in [3.05, 3.63) is 0 Å². The Morgan fingerprint density at radius 1 is 1.17 bits per heavy atom. The molecule has 0 unspecified atom stereocenters. The number of carboxylic acid groups (broad SMARTS) is 2. The Balaban J connectivity index is -0.0000000221. The molecule has 56 valence electrons. The van der Waals surface area contributed by atoms with Crippen LogP contribution in [0.2, 0.25) is 0 Å². The monoisotopic (exact) mass is 242 g/mol. The molecule has 12 heavy (non-hydrogen) atoms. The van der Waals surface area contributed by atoms with Gasteiger partial charge in [0, 0.05) is 10.4 Å². The molecule has 0 atom stereocenters. The van der Waals surface area contributed by atoms with Crippen LogP contribution < -0.4 is 116 Å². The molecule has 0 aromatic heterocycles. The number of hydrogen-bond acceptors (Lipinski definition) is 6. The van der Waals surface area contributed by atoms with Crippen LogP contribution in [0.3, 0.4) is 0 Å². The van der Waals surface area contributed by atoms with Gasteiger partial charge in [-0.2, -0.15) is 0 Å². The fourth-order valence-electron chi connectivity index (χ4n) is 0. The fraction of sp³-hybridized carbons (Fsp3) is 0. The van der Waals surface area contributed by atoms with Gasteiger partial charge in [0.25, 0.3) is 0 Å². The third-order valence-electron chi connectivity index (χ3n) is 0. The molecule has 0 aliphatic carbocycles. The van der Waals surface area contributed by atoms with E-state index in [9.17, 15) is 0 Å². The number of carbonyl (C=O) groups is 1. The van der Waals surface area contributed by atoms with Crippen molar-refractivity contribution < 1.29 is 143 Å². The quantitative estimate of drug-likeness (QED) is 0.252. The summed E-state index contributed by atoms with van der Waals surface area (Å²) in [7, 11) is -5.17. The first-order valence-electron chi connectivity index (χ1n) is 1.30. The van der Waals surface area contributed by atoms with E-state index in [1.807, 2.05) is 0 Å². The molecular weight excluding hydrogens is 241 g/mol. The maximum absolute atomic E-state index is 8.52. The van der Waals surface area contributed by atoms with Crippen LogP contribution >= 0.6 is 0 Å². The van der Waals surface area contributed by atoms with Crippen molar-refractivity contribution in [1.82, 2.24) is 0 Å². The zero-order chi connectivity index (χ0) is 8.08. The average molecular weight is 242 g/mol.